The topological polar surface area (TPSA) is 21.3 Å². The summed E-state index contributed by atoms with van der Waals surface area (Å²) in [5.74, 6) is 0. The molecular weight excluding hydrogens is 194 g/mol. The molecular formula is C8H12ClNOS. The van der Waals surface area contributed by atoms with Crippen molar-refractivity contribution in [2.45, 2.75) is 6.04 Å². The van der Waals surface area contributed by atoms with Gasteiger partial charge >= 0.3 is 0 Å². The average molecular weight is 206 g/mol. The first-order valence-corrected chi connectivity index (χ1v) is 4.69. The number of hydrogen-bond donors (Lipinski definition) is 1. The van der Waals surface area contributed by atoms with Crippen molar-refractivity contribution < 1.29 is 4.74 Å². The fourth-order valence-electron chi connectivity index (χ4n) is 1.24. The lowest BCUT2D eigenvalue weighted by atomic mass is 10.2. The zero-order valence-electron chi connectivity index (χ0n) is 6.66. The maximum absolute atomic E-state index is 5.35. The number of ether oxygens (including phenoxy) is 1. The second-order valence-corrected chi connectivity index (χ2v) is 3.58. The van der Waals surface area contributed by atoms with Crippen molar-refractivity contribution in [2.24, 2.45) is 0 Å². The Morgan fingerprint density at radius 1 is 1.58 bits per heavy atom. The molecule has 0 aromatic carbocycles. The van der Waals surface area contributed by atoms with Crippen LogP contribution in [0.2, 0.25) is 0 Å². The first-order valence-electron chi connectivity index (χ1n) is 3.81. The fraction of sp³-hybridized carbons (Fsp3) is 0.500. The predicted octanol–water partition coefficient (Wildman–Crippen LogP) is 1.83. The molecule has 0 saturated carbocycles. The highest BCUT2D eigenvalue weighted by Crippen LogP contribution is 2.20. The van der Waals surface area contributed by atoms with Crippen LogP contribution in [0.25, 0.3) is 0 Å². The minimum atomic E-state index is 0. The minimum absolute atomic E-state index is 0. The third-order valence-corrected chi connectivity index (χ3v) is 2.79. The van der Waals surface area contributed by atoms with Gasteiger partial charge in [0.1, 0.15) is 0 Å². The maximum Gasteiger partial charge on any atom is 0.0670 e. The molecule has 1 atom stereocenters. The van der Waals surface area contributed by atoms with Crippen molar-refractivity contribution in [3.05, 3.63) is 22.4 Å². The van der Waals surface area contributed by atoms with Crippen molar-refractivity contribution >= 4 is 23.7 Å². The van der Waals surface area contributed by atoms with E-state index >= 15 is 0 Å². The highest BCUT2D eigenvalue weighted by atomic mass is 35.5. The van der Waals surface area contributed by atoms with Gasteiger partial charge in [-0.05, 0) is 11.4 Å². The zero-order valence-corrected chi connectivity index (χ0v) is 8.29. The van der Waals surface area contributed by atoms with Gasteiger partial charge in [-0.15, -0.1) is 23.7 Å². The summed E-state index contributed by atoms with van der Waals surface area (Å²) in [5.41, 5.74) is 0. The van der Waals surface area contributed by atoms with E-state index in [1.165, 1.54) is 4.88 Å². The molecule has 0 radical (unpaired) electrons. The predicted molar refractivity (Wildman–Crippen MR) is 53.1 cm³/mol. The van der Waals surface area contributed by atoms with E-state index in [0.29, 0.717) is 6.04 Å². The second kappa shape index (κ2) is 4.82. The Bertz CT molecular complexity index is 209. The van der Waals surface area contributed by atoms with Gasteiger partial charge in [-0.2, -0.15) is 0 Å². The van der Waals surface area contributed by atoms with E-state index < -0.39 is 0 Å². The summed E-state index contributed by atoms with van der Waals surface area (Å²) in [7, 11) is 0. The van der Waals surface area contributed by atoms with Gasteiger partial charge in [0.25, 0.3) is 0 Å². The Kier molecular flexibility index (Phi) is 4.01. The Morgan fingerprint density at radius 2 is 2.50 bits per heavy atom. The Balaban J connectivity index is 0.000000720. The molecule has 12 heavy (non-hydrogen) atoms. The Morgan fingerprint density at radius 3 is 3.08 bits per heavy atom. The molecule has 1 aromatic heterocycles. The number of halogens is 1. The monoisotopic (exact) mass is 205 g/mol. The van der Waals surface area contributed by atoms with E-state index in [1.54, 1.807) is 11.3 Å². The maximum atomic E-state index is 5.35. The van der Waals surface area contributed by atoms with Gasteiger partial charge in [-0.3, -0.25) is 0 Å². The summed E-state index contributed by atoms with van der Waals surface area (Å²) in [6, 6.07) is 4.66. The first kappa shape index (κ1) is 9.99. The lowest BCUT2D eigenvalue weighted by Gasteiger charge is -2.22. The summed E-state index contributed by atoms with van der Waals surface area (Å²) >= 11 is 1.79. The largest absolute Gasteiger partial charge is 0.378 e. The van der Waals surface area contributed by atoms with E-state index in [4.69, 9.17) is 4.74 Å². The van der Waals surface area contributed by atoms with Gasteiger partial charge < -0.3 is 10.1 Å². The van der Waals surface area contributed by atoms with Gasteiger partial charge in [-0.25, -0.2) is 0 Å². The van der Waals surface area contributed by atoms with Gasteiger partial charge in [0, 0.05) is 11.4 Å². The number of morpholine rings is 1. The van der Waals surface area contributed by atoms with Crippen molar-refractivity contribution in [1.29, 1.82) is 0 Å². The molecule has 0 aliphatic carbocycles. The third-order valence-electron chi connectivity index (χ3n) is 1.81. The second-order valence-electron chi connectivity index (χ2n) is 2.60. The van der Waals surface area contributed by atoms with Crippen LogP contribution in [-0.2, 0) is 4.74 Å². The molecule has 1 N–H and O–H groups in total. The van der Waals surface area contributed by atoms with E-state index in [0.717, 1.165) is 19.8 Å². The highest BCUT2D eigenvalue weighted by molar-refractivity contribution is 7.10. The lowest BCUT2D eigenvalue weighted by molar-refractivity contribution is 0.0779. The van der Waals surface area contributed by atoms with Gasteiger partial charge in [0.2, 0.25) is 0 Å². The van der Waals surface area contributed by atoms with Crippen LogP contribution in [0.5, 0.6) is 0 Å². The molecule has 0 amide bonds. The number of nitrogens with one attached hydrogen (secondary N) is 1. The van der Waals surface area contributed by atoms with Crippen molar-refractivity contribution in [1.82, 2.24) is 5.32 Å². The van der Waals surface area contributed by atoms with Crippen LogP contribution >= 0.6 is 23.7 Å². The van der Waals surface area contributed by atoms with Crippen LogP contribution < -0.4 is 5.32 Å². The normalized spacial score (nSPS) is 23.2. The summed E-state index contributed by atoms with van der Waals surface area (Å²) in [5, 5.41) is 5.51. The molecule has 0 spiro atoms. The molecule has 68 valence electrons. The molecule has 0 unspecified atom stereocenters. The molecule has 2 heterocycles. The van der Waals surface area contributed by atoms with E-state index in [9.17, 15) is 0 Å². The lowest BCUT2D eigenvalue weighted by Crippen LogP contribution is -2.33. The first-order chi connectivity index (χ1) is 5.47. The number of thiophene rings is 1. The van der Waals surface area contributed by atoms with E-state index in [2.05, 4.69) is 22.8 Å². The van der Waals surface area contributed by atoms with Crippen molar-refractivity contribution in [3.8, 4) is 0 Å². The van der Waals surface area contributed by atoms with Gasteiger partial charge in [0.05, 0.1) is 19.3 Å². The summed E-state index contributed by atoms with van der Waals surface area (Å²) in [6.45, 7) is 2.64. The minimum Gasteiger partial charge on any atom is -0.378 e. The van der Waals surface area contributed by atoms with E-state index in [-0.39, 0.29) is 12.4 Å². The molecule has 2 nitrogen and oxygen atoms in total. The number of hydrogen-bond acceptors (Lipinski definition) is 3. The molecule has 1 aromatic rings. The number of rotatable bonds is 1. The molecule has 4 heteroatoms. The van der Waals surface area contributed by atoms with Crippen LogP contribution in [0.15, 0.2) is 17.5 Å². The molecule has 1 fully saturated rings. The fourth-order valence-corrected chi connectivity index (χ4v) is 2.02. The van der Waals surface area contributed by atoms with Gasteiger partial charge in [0.15, 0.2) is 0 Å². The van der Waals surface area contributed by atoms with E-state index in [1.807, 2.05) is 0 Å². The molecule has 1 aliphatic rings. The summed E-state index contributed by atoms with van der Waals surface area (Å²) in [4.78, 5) is 1.38. The van der Waals surface area contributed by atoms with Crippen LogP contribution in [0, 0.1) is 0 Å². The summed E-state index contributed by atoms with van der Waals surface area (Å²) < 4.78 is 5.35. The highest BCUT2D eigenvalue weighted by Gasteiger charge is 2.14. The quantitative estimate of drug-likeness (QED) is 0.756. The molecule has 2 rings (SSSR count). The smallest absolute Gasteiger partial charge is 0.0670 e. The SMILES string of the molecule is Cl.c1csc([C@H]2COCCN2)c1. The van der Waals surface area contributed by atoms with Crippen LogP contribution in [0.1, 0.15) is 10.9 Å². The standard InChI is InChI=1S/C8H11NOS.ClH/c1-2-8(11-5-1)7-6-10-4-3-9-7;/h1-2,5,7,9H,3-4,6H2;1H/t7-;/m1./s1. The van der Waals surface area contributed by atoms with Gasteiger partial charge in [-0.1, -0.05) is 6.07 Å². The Labute approximate surface area is 82.3 Å². The van der Waals surface area contributed by atoms with Crippen molar-refractivity contribution in [3.63, 3.8) is 0 Å². The van der Waals surface area contributed by atoms with Crippen molar-refractivity contribution in [2.75, 3.05) is 19.8 Å². The van der Waals surface area contributed by atoms with Crippen LogP contribution in [-0.4, -0.2) is 19.8 Å². The molecule has 1 aliphatic heterocycles. The molecule has 0 bridgehead atoms. The average Bonchev–Trinajstić information content (AvgIpc) is 2.58. The zero-order chi connectivity index (χ0) is 7.52. The van der Waals surface area contributed by atoms with Crippen LogP contribution in [0.4, 0.5) is 0 Å². The third kappa shape index (κ3) is 2.20. The molecule has 1 saturated heterocycles. The summed E-state index contributed by atoms with van der Waals surface area (Å²) in [6.07, 6.45) is 0. The van der Waals surface area contributed by atoms with Crippen LogP contribution in [0.3, 0.4) is 0 Å². The Hall–Kier alpha value is -0.0900.